The molecule has 1 aliphatic rings. The van der Waals surface area contributed by atoms with E-state index in [0.717, 1.165) is 30.3 Å². The quantitative estimate of drug-likeness (QED) is 0.885. The first-order chi connectivity index (χ1) is 8.91. The van der Waals surface area contributed by atoms with Crippen molar-refractivity contribution in [1.29, 1.82) is 0 Å². The van der Waals surface area contributed by atoms with Gasteiger partial charge < -0.3 is 10.6 Å². The largest absolute Gasteiger partial charge is 0.371 e. The van der Waals surface area contributed by atoms with Crippen molar-refractivity contribution in [3.05, 3.63) is 29.6 Å². The van der Waals surface area contributed by atoms with E-state index in [9.17, 15) is 4.39 Å². The molecule has 1 aliphatic heterocycles. The zero-order valence-electron chi connectivity index (χ0n) is 12.2. The maximum absolute atomic E-state index is 13.2. The predicted octanol–water partition coefficient (Wildman–Crippen LogP) is 3.55. The molecule has 1 heterocycles. The highest BCUT2D eigenvalue weighted by molar-refractivity contribution is 5.54. The normalized spacial score (nSPS) is 17.8. The van der Waals surface area contributed by atoms with Gasteiger partial charge in [-0.2, -0.15) is 0 Å². The molecule has 2 nitrogen and oxygen atoms in total. The summed E-state index contributed by atoms with van der Waals surface area (Å²) in [5.74, 6) is 0.569. The molecular formula is C16H25FN2. The van der Waals surface area contributed by atoms with Crippen LogP contribution in [-0.4, -0.2) is 13.1 Å². The zero-order valence-corrected chi connectivity index (χ0v) is 12.2. The third kappa shape index (κ3) is 3.27. The van der Waals surface area contributed by atoms with Crippen LogP contribution in [0.4, 0.5) is 10.1 Å². The standard InChI is InChI=1S/C16H25FN2/c1-16(2,3)13-6-8-19(9-7-13)15-5-4-14(17)10-12(15)11-18/h4-5,10,13H,6-9,11,18H2,1-3H3. The van der Waals surface area contributed by atoms with E-state index in [1.807, 2.05) is 6.07 Å². The lowest BCUT2D eigenvalue weighted by Gasteiger charge is -2.40. The van der Waals surface area contributed by atoms with E-state index in [4.69, 9.17) is 5.73 Å². The maximum atomic E-state index is 13.2. The Hall–Kier alpha value is -1.09. The molecule has 1 aromatic rings. The summed E-state index contributed by atoms with van der Waals surface area (Å²) in [5, 5.41) is 0. The van der Waals surface area contributed by atoms with E-state index in [1.54, 1.807) is 6.07 Å². The van der Waals surface area contributed by atoms with E-state index < -0.39 is 0 Å². The Labute approximate surface area is 115 Å². The molecule has 106 valence electrons. The Kier molecular flexibility index (Phi) is 4.14. The van der Waals surface area contributed by atoms with Crippen LogP contribution in [0.3, 0.4) is 0 Å². The fourth-order valence-corrected chi connectivity index (χ4v) is 3.01. The van der Waals surface area contributed by atoms with Crippen molar-refractivity contribution in [2.75, 3.05) is 18.0 Å². The van der Waals surface area contributed by atoms with Crippen LogP contribution in [0.25, 0.3) is 0 Å². The molecule has 2 rings (SSSR count). The fraction of sp³-hybridized carbons (Fsp3) is 0.625. The molecule has 1 aromatic carbocycles. The molecule has 1 fully saturated rings. The smallest absolute Gasteiger partial charge is 0.123 e. The molecule has 19 heavy (non-hydrogen) atoms. The van der Waals surface area contributed by atoms with Crippen molar-refractivity contribution in [3.63, 3.8) is 0 Å². The number of nitrogens with two attached hydrogens (primary N) is 1. The minimum absolute atomic E-state index is 0.200. The van der Waals surface area contributed by atoms with Crippen LogP contribution in [0.1, 0.15) is 39.2 Å². The number of hydrogen-bond acceptors (Lipinski definition) is 2. The third-order valence-electron chi connectivity index (χ3n) is 4.32. The summed E-state index contributed by atoms with van der Waals surface area (Å²) in [7, 11) is 0. The molecule has 0 aromatic heterocycles. The second-order valence-corrected chi connectivity index (χ2v) is 6.60. The number of halogens is 1. The van der Waals surface area contributed by atoms with E-state index in [2.05, 4.69) is 25.7 Å². The lowest BCUT2D eigenvalue weighted by Crippen LogP contribution is -2.38. The van der Waals surface area contributed by atoms with Gasteiger partial charge >= 0.3 is 0 Å². The van der Waals surface area contributed by atoms with E-state index in [0.29, 0.717) is 12.0 Å². The highest BCUT2D eigenvalue weighted by Crippen LogP contribution is 2.36. The van der Waals surface area contributed by atoms with Gasteiger partial charge in [0.15, 0.2) is 0 Å². The summed E-state index contributed by atoms with van der Waals surface area (Å²) in [6.07, 6.45) is 2.40. The maximum Gasteiger partial charge on any atom is 0.123 e. The van der Waals surface area contributed by atoms with Gasteiger partial charge in [-0.25, -0.2) is 4.39 Å². The van der Waals surface area contributed by atoms with Crippen LogP contribution in [0, 0.1) is 17.2 Å². The fourth-order valence-electron chi connectivity index (χ4n) is 3.01. The van der Waals surface area contributed by atoms with Gasteiger partial charge in [-0.1, -0.05) is 20.8 Å². The van der Waals surface area contributed by atoms with Crippen molar-refractivity contribution in [2.45, 2.75) is 40.2 Å². The molecule has 0 saturated carbocycles. The molecular weight excluding hydrogens is 239 g/mol. The number of hydrogen-bond donors (Lipinski definition) is 1. The molecule has 0 atom stereocenters. The summed E-state index contributed by atoms with van der Waals surface area (Å²) in [6, 6.07) is 4.96. The number of nitrogens with zero attached hydrogens (tertiary/aromatic N) is 1. The van der Waals surface area contributed by atoms with Crippen LogP contribution in [0.2, 0.25) is 0 Å². The van der Waals surface area contributed by atoms with Crippen LogP contribution in [0.5, 0.6) is 0 Å². The highest BCUT2D eigenvalue weighted by Gasteiger charge is 2.29. The molecule has 3 heteroatoms. The first kappa shape index (κ1) is 14.3. The van der Waals surface area contributed by atoms with Gasteiger partial charge in [0.05, 0.1) is 0 Å². The van der Waals surface area contributed by atoms with Crippen LogP contribution in [0.15, 0.2) is 18.2 Å². The van der Waals surface area contributed by atoms with Gasteiger partial charge in [0.2, 0.25) is 0 Å². The first-order valence-electron chi connectivity index (χ1n) is 7.15. The van der Waals surface area contributed by atoms with Crippen molar-refractivity contribution < 1.29 is 4.39 Å². The predicted molar refractivity (Wildman–Crippen MR) is 78.7 cm³/mol. The summed E-state index contributed by atoms with van der Waals surface area (Å²) < 4.78 is 13.2. The Morgan fingerprint density at radius 1 is 1.26 bits per heavy atom. The molecule has 1 saturated heterocycles. The Balaban J connectivity index is 2.10. The van der Waals surface area contributed by atoms with Gasteiger partial charge in [-0.05, 0) is 47.9 Å². The second-order valence-electron chi connectivity index (χ2n) is 6.60. The Morgan fingerprint density at radius 2 is 1.89 bits per heavy atom. The Bertz CT molecular complexity index is 429. The average Bonchev–Trinajstić information content (AvgIpc) is 2.37. The van der Waals surface area contributed by atoms with Crippen molar-refractivity contribution >= 4 is 5.69 Å². The first-order valence-corrected chi connectivity index (χ1v) is 7.15. The van der Waals surface area contributed by atoms with Crippen LogP contribution < -0.4 is 10.6 Å². The number of anilines is 1. The Morgan fingerprint density at radius 3 is 2.42 bits per heavy atom. The van der Waals surface area contributed by atoms with E-state index >= 15 is 0 Å². The van der Waals surface area contributed by atoms with Gasteiger partial charge in [0.1, 0.15) is 5.82 Å². The SMILES string of the molecule is CC(C)(C)C1CCN(c2ccc(F)cc2CN)CC1. The van der Waals surface area contributed by atoms with Crippen LogP contribution in [-0.2, 0) is 6.54 Å². The van der Waals surface area contributed by atoms with Gasteiger partial charge in [0, 0.05) is 25.3 Å². The van der Waals surface area contributed by atoms with Crippen molar-refractivity contribution in [3.8, 4) is 0 Å². The van der Waals surface area contributed by atoms with Gasteiger partial charge in [-0.15, -0.1) is 0 Å². The summed E-state index contributed by atoms with van der Waals surface area (Å²) in [6.45, 7) is 9.43. The minimum Gasteiger partial charge on any atom is -0.371 e. The molecule has 0 radical (unpaired) electrons. The summed E-state index contributed by atoms with van der Waals surface area (Å²) in [5.41, 5.74) is 8.13. The second kappa shape index (κ2) is 5.49. The molecule has 0 spiro atoms. The molecule has 0 aliphatic carbocycles. The van der Waals surface area contributed by atoms with Crippen molar-refractivity contribution in [1.82, 2.24) is 0 Å². The van der Waals surface area contributed by atoms with E-state index in [1.165, 1.54) is 18.9 Å². The molecule has 0 amide bonds. The van der Waals surface area contributed by atoms with Gasteiger partial charge in [0.25, 0.3) is 0 Å². The topological polar surface area (TPSA) is 29.3 Å². The lowest BCUT2D eigenvalue weighted by atomic mass is 9.75. The highest BCUT2D eigenvalue weighted by atomic mass is 19.1. The lowest BCUT2D eigenvalue weighted by molar-refractivity contribution is 0.199. The van der Waals surface area contributed by atoms with E-state index in [-0.39, 0.29) is 5.82 Å². The number of rotatable bonds is 2. The summed E-state index contributed by atoms with van der Waals surface area (Å²) in [4.78, 5) is 2.35. The monoisotopic (exact) mass is 264 g/mol. The third-order valence-corrected chi connectivity index (χ3v) is 4.32. The number of piperidine rings is 1. The van der Waals surface area contributed by atoms with Gasteiger partial charge in [-0.3, -0.25) is 0 Å². The number of benzene rings is 1. The van der Waals surface area contributed by atoms with Crippen molar-refractivity contribution in [2.24, 2.45) is 17.1 Å². The zero-order chi connectivity index (χ0) is 14.0. The minimum atomic E-state index is -0.200. The summed E-state index contributed by atoms with van der Waals surface area (Å²) >= 11 is 0. The molecule has 0 unspecified atom stereocenters. The van der Waals surface area contributed by atoms with Crippen LogP contribution >= 0.6 is 0 Å². The average molecular weight is 264 g/mol. The molecule has 2 N–H and O–H groups in total. The molecule has 0 bridgehead atoms.